The SMILES string of the molecule is O=C(O)C(F)(F)F.O=C(O)c1cc(NS(=O)(=O)c2ccc(Cl)s2)ccc1N1CCOCC1. The Kier molecular flexibility index (Phi) is 8.34. The zero-order chi connectivity index (χ0) is 24.1. The fraction of sp³-hybridized carbons (Fsp3) is 0.294. The number of aromatic carboxylic acids is 1. The summed E-state index contributed by atoms with van der Waals surface area (Å²) in [6.07, 6.45) is -5.08. The van der Waals surface area contributed by atoms with Crippen molar-refractivity contribution in [1.29, 1.82) is 0 Å². The molecule has 2 aromatic rings. The van der Waals surface area contributed by atoms with Gasteiger partial charge >= 0.3 is 18.1 Å². The average Bonchev–Trinajstić information content (AvgIpc) is 3.15. The van der Waals surface area contributed by atoms with E-state index in [1.54, 1.807) is 12.1 Å². The Morgan fingerprint density at radius 3 is 2.19 bits per heavy atom. The molecule has 15 heteroatoms. The summed E-state index contributed by atoms with van der Waals surface area (Å²) in [5.41, 5.74) is 0.753. The van der Waals surface area contributed by atoms with Crippen LogP contribution in [0.1, 0.15) is 10.4 Å². The zero-order valence-corrected chi connectivity index (χ0v) is 18.3. The first-order valence-corrected chi connectivity index (χ1v) is 11.3. The van der Waals surface area contributed by atoms with Crippen LogP contribution in [0, 0.1) is 0 Å². The van der Waals surface area contributed by atoms with Gasteiger partial charge in [-0.3, -0.25) is 4.72 Å². The van der Waals surface area contributed by atoms with E-state index in [1.807, 2.05) is 4.90 Å². The van der Waals surface area contributed by atoms with Crippen LogP contribution >= 0.6 is 22.9 Å². The number of morpholine rings is 1. The van der Waals surface area contributed by atoms with Crippen molar-refractivity contribution in [2.24, 2.45) is 0 Å². The Bertz CT molecular complexity index is 1080. The van der Waals surface area contributed by atoms with E-state index >= 15 is 0 Å². The number of carbonyl (C=O) groups is 2. The summed E-state index contributed by atoms with van der Waals surface area (Å²) in [4.78, 5) is 22.4. The quantitative estimate of drug-likeness (QED) is 0.551. The molecule has 0 spiro atoms. The van der Waals surface area contributed by atoms with Crippen LogP contribution in [-0.2, 0) is 19.6 Å². The van der Waals surface area contributed by atoms with E-state index in [-0.39, 0.29) is 15.5 Å². The fourth-order valence-electron chi connectivity index (χ4n) is 2.50. The lowest BCUT2D eigenvalue weighted by Crippen LogP contribution is -2.37. The van der Waals surface area contributed by atoms with Crippen LogP contribution < -0.4 is 9.62 Å². The molecule has 0 radical (unpaired) electrons. The number of hydrogen-bond donors (Lipinski definition) is 3. The number of nitrogens with one attached hydrogen (secondary N) is 1. The molecule has 0 amide bonds. The van der Waals surface area contributed by atoms with Crippen LogP contribution in [0.3, 0.4) is 0 Å². The summed E-state index contributed by atoms with van der Waals surface area (Å²) in [6, 6.07) is 7.36. The van der Waals surface area contributed by atoms with Gasteiger partial charge in [-0.05, 0) is 30.3 Å². The Balaban J connectivity index is 0.000000451. The second-order valence-corrected chi connectivity index (χ2v) is 9.73. The minimum atomic E-state index is -5.08. The maximum atomic E-state index is 12.3. The van der Waals surface area contributed by atoms with E-state index in [0.717, 1.165) is 11.3 Å². The number of aliphatic carboxylic acids is 1. The third-order valence-corrected chi connectivity index (χ3v) is 6.99. The van der Waals surface area contributed by atoms with Gasteiger partial charge in [0.15, 0.2) is 0 Å². The number of carboxylic acid groups (broad SMARTS) is 2. The van der Waals surface area contributed by atoms with Gasteiger partial charge < -0.3 is 19.8 Å². The van der Waals surface area contributed by atoms with Gasteiger partial charge in [0.2, 0.25) is 0 Å². The summed E-state index contributed by atoms with van der Waals surface area (Å²) in [6.45, 7) is 2.21. The average molecular weight is 517 g/mol. The number of alkyl halides is 3. The van der Waals surface area contributed by atoms with Crippen molar-refractivity contribution in [3.63, 3.8) is 0 Å². The van der Waals surface area contributed by atoms with Gasteiger partial charge in [-0.15, -0.1) is 11.3 Å². The molecule has 3 rings (SSSR count). The lowest BCUT2D eigenvalue weighted by molar-refractivity contribution is -0.192. The van der Waals surface area contributed by atoms with Crippen molar-refractivity contribution in [3.8, 4) is 0 Å². The summed E-state index contributed by atoms with van der Waals surface area (Å²) >= 11 is 6.70. The lowest BCUT2D eigenvalue weighted by Gasteiger charge is -2.30. The van der Waals surface area contributed by atoms with Gasteiger partial charge in [-0.25, -0.2) is 18.0 Å². The van der Waals surface area contributed by atoms with Crippen molar-refractivity contribution in [3.05, 3.63) is 40.2 Å². The van der Waals surface area contributed by atoms with E-state index in [1.165, 1.54) is 18.2 Å². The number of anilines is 2. The Hall–Kier alpha value is -2.55. The molecule has 0 atom stereocenters. The molecule has 2 heterocycles. The topological polar surface area (TPSA) is 133 Å². The van der Waals surface area contributed by atoms with Gasteiger partial charge in [-0.2, -0.15) is 13.2 Å². The Morgan fingerprint density at radius 2 is 1.72 bits per heavy atom. The van der Waals surface area contributed by atoms with Crippen LogP contribution in [0.25, 0.3) is 0 Å². The first-order valence-electron chi connectivity index (χ1n) is 8.59. The number of benzene rings is 1. The molecule has 1 aromatic carbocycles. The second-order valence-electron chi connectivity index (χ2n) is 6.10. The molecule has 1 saturated heterocycles. The van der Waals surface area contributed by atoms with Gasteiger partial charge in [0.05, 0.1) is 28.8 Å². The maximum absolute atomic E-state index is 12.3. The summed E-state index contributed by atoms with van der Waals surface area (Å²) in [5, 5.41) is 16.6. The maximum Gasteiger partial charge on any atom is 0.490 e. The standard InChI is InChI=1S/C15H15ClN2O5S2.C2HF3O2/c16-13-3-4-14(24-13)25(21,22)17-10-1-2-12(11(9-10)15(19)20)18-5-7-23-8-6-18;3-2(4,5)1(6)7/h1-4,9,17H,5-8H2,(H,19,20);(H,6,7). The van der Waals surface area contributed by atoms with Crippen molar-refractivity contribution >= 4 is 56.3 Å². The van der Waals surface area contributed by atoms with Crippen LogP contribution in [-0.4, -0.2) is 63.0 Å². The number of nitrogens with zero attached hydrogens (tertiary/aromatic N) is 1. The minimum absolute atomic E-state index is 0.0336. The molecule has 1 aliphatic rings. The van der Waals surface area contributed by atoms with Gasteiger partial charge in [0.25, 0.3) is 10.0 Å². The molecular weight excluding hydrogens is 501 g/mol. The summed E-state index contributed by atoms with van der Waals surface area (Å²) < 4.78 is 64.5. The molecule has 32 heavy (non-hydrogen) atoms. The van der Waals surface area contributed by atoms with E-state index in [9.17, 15) is 31.5 Å². The third kappa shape index (κ3) is 6.98. The number of halogens is 4. The highest BCUT2D eigenvalue weighted by Gasteiger charge is 2.38. The highest BCUT2D eigenvalue weighted by atomic mass is 35.5. The van der Waals surface area contributed by atoms with E-state index < -0.39 is 28.1 Å². The molecule has 1 fully saturated rings. The molecule has 176 valence electrons. The van der Waals surface area contributed by atoms with E-state index in [0.29, 0.717) is 36.3 Å². The highest BCUT2D eigenvalue weighted by molar-refractivity contribution is 7.94. The zero-order valence-electron chi connectivity index (χ0n) is 15.9. The normalized spacial score (nSPS) is 14.3. The first-order chi connectivity index (χ1) is 14.8. The number of rotatable bonds is 5. The smallest absolute Gasteiger partial charge is 0.478 e. The van der Waals surface area contributed by atoms with Gasteiger partial charge in [0, 0.05) is 18.8 Å². The first kappa shape index (κ1) is 25.7. The predicted octanol–water partition coefficient (Wildman–Crippen LogP) is 3.37. The molecular formula is C17H16ClF3N2O7S2. The molecule has 0 unspecified atom stereocenters. The molecule has 1 aromatic heterocycles. The van der Waals surface area contributed by atoms with Gasteiger partial charge in [-0.1, -0.05) is 11.6 Å². The monoisotopic (exact) mass is 516 g/mol. The van der Waals surface area contributed by atoms with E-state index in [2.05, 4.69) is 4.72 Å². The van der Waals surface area contributed by atoms with Crippen molar-refractivity contribution in [2.75, 3.05) is 35.9 Å². The minimum Gasteiger partial charge on any atom is -0.478 e. The largest absolute Gasteiger partial charge is 0.490 e. The molecule has 0 saturated carbocycles. The van der Waals surface area contributed by atoms with Crippen LogP contribution in [0.2, 0.25) is 4.34 Å². The number of hydrogen-bond acceptors (Lipinski definition) is 7. The Labute approximate surface area is 189 Å². The molecule has 0 bridgehead atoms. The van der Waals surface area contributed by atoms with Gasteiger partial charge in [0.1, 0.15) is 4.21 Å². The summed E-state index contributed by atoms with van der Waals surface area (Å²) in [5.74, 6) is -3.88. The molecule has 9 nitrogen and oxygen atoms in total. The van der Waals surface area contributed by atoms with Crippen molar-refractivity contribution < 1.29 is 46.1 Å². The van der Waals surface area contributed by atoms with Crippen LogP contribution in [0.15, 0.2) is 34.5 Å². The van der Waals surface area contributed by atoms with Crippen molar-refractivity contribution in [2.45, 2.75) is 10.4 Å². The number of carboxylic acids is 2. The predicted molar refractivity (Wildman–Crippen MR) is 110 cm³/mol. The fourth-order valence-corrected chi connectivity index (χ4v) is 5.03. The van der Waals surface area contributed by atoms with Crippen LogP contribution in [0.4, 0.5) is 24.5 Å². The molecule has 3 N–H and O–H groups in total. The molecule has 0 aliphatic carbocycles. The molecule has 1 aliphatic heterocycles. The number of sulfonamides is 1. The van der Waals surface area contributed by atoms with Crippen molar-refractivity contribution in [1.82, 2.24) is 0 Å². The lowest BCUT2D eigenvalue weighted by atomic mass is 10.1. The number of thiophene rings is 1. The number of ether oxygens (including phenoxy) is 1. The Morgan fingerprint density at radius 1 is 1.12 bits per heavy atom. The summed E-state index contributed by atoms with van der Waals surface area (Å²) in [7, 11) is -3.82. The highest BCUT2D eigenvalue weighted by Crippen LogP contribution is 2.30. The second kappa shape index (κ2) is 10.4. The van der Waals surface area contributed by atoms with Crippen LogP contribution in [0.5, 0.6) is 0 Å². The third-order valence-electron chi connectivity index (χ3n) is 3.89. The van der Waals surface area contributed by atoms with E-state index in [4.69, 9.17) is 26.2 Å².